The lowest BCUT2D eigenvalue weighted by atomic mass is 10.2. The second kappa shape index (κ2) is 6.04. The molecule has 0 bridgehead atoms. The molecular formula is C13H18ClNO2S. The summed E-state index contributed by atoms with van der Waals surface area (Å²) in [6, 6.07) is 3.95. The van der Waals surface area contributed by atoms with Gasteiger partial charge in [0.2, 0.25) is 0 Å². The Labute approximate surface area is 117 Å². The minimum absolute atomic E-state index is 0.0509. The topological polar surface area (TPSA) is 29.5 Å². The van der Waals surface area contributed by atoms with Gasteiger partial charge in [-0.05, 0) is 25.5 Å². The Kier molecular flexibility index (Phi) is 4.65. The highest BCUT2D eigenvalue weighted by Crippen LogP contribution is 2.21. The van der Waals surface area contributed by atoms with E-state index in [1.54, 1.807) is 11.3 Å². The summed E-state index contributed by atoms with van der Waals surface area (Å²) in [5, 5.41) is 0. The number of ether oxygens (including phenoxy) is 1. The molecular weight excluding hydrogens is 270 g/mol. The van der Waals surface area contributed by atoms with Crippen LogP contribution in [0.3, 0.4) is 0 Å². The highest BCUT2D eigenvalue weighted by atomic mass is 35.5. The third-order valence-electron chi connectivity index (χ3n) is 3.01. The fourth-order valence-electron chi connectivity index (χ4n) is 2.14. The van der Waals surface area contributed by atoms with Crippen molar-refractivity contribution in [2.45, 2.75) is 32.5 Å². The first-order valence-electron chi connectivity index (χ1n) is 6.23. The molecule has 1 aromatic heterocycles. The first kappa shape index (κ1) is 13.8. The van der Waals surface area contributed by atoms with Crippen LogP contribution in [0.1, 0.15) is 28.4 Å². The fourth-order valence-corrected chi connectivity index (χ4v) is 3.22. The zero-order valence-corrected chi connectivity index (χ0v) is 12.3. The Morgan fingerprint density at radius 3 is 2.94 bits per heavy atom. The van der Waals surface area contributed by atoms with E-state index in [1.165, 1.54) is 4.88 Å². The van der Waals surface area contributed by atoms with E-state index < -0.39 is 0 Å². The molecule has 18 heavy (non-hydrogen) atoms. The molecule has 2 rings (SSSR count). The number of rotatable bonds is 3. The minimum atomic E-state index is -0.0509. The smallest absolute Gasteiger partial charge is 0.264 e. The van der Waals surface area contributed by atoms with E-state index in [1.807, 2.05) is 24.0 Å². The first-order chi connectivity index (χ1) is 8.63. The molecule has 1 saturated heterocycles. The second-order valence-electron chi connectivity index (χ2n) is 4.55. The van der Waals surface area contributed by atoms with Gasteiger partial charge in [-0.1, -0.05) is 6.92 Å². The third kappa shape index (κ3) is 3.05. The molecule has 0 radical (unpaired) electrons. The largest absolute Gasteiger partial charge is 0.370 e. The monoisotopic (exact) mass is 287 g/mol. The summed E-state index contributed by atoms with van der Waals surface area (Å²) < 4.78 is 5.66. The predicted octanol–water partition coefficient (Wildman–Crippen LogP) is 2.78. The highest BCUT2D eigenvalue weighted by molar-refractivity contribution is 7.14. The summed E-state index contributed by atoms with van der Waals surface area (Å²) in [7, 11) is 0. The summed E-state index contributed by atoms with van der Waals surface area (Å²) in [6.07, 6.45) is 0.976. The van der Waals surface area contributed by atoms with Crippen LogP contribution < -0.4 is 0 Å². The number of carbonyl (C=O) groups excluding carboxylic acids is 1. The number of aryl methyl sites for hydroxylation is 1. The van der Waals surface area contributed by atoms with E-state index in [0.29, 0.717) is 19.0 Å². The SMILES string of the molecule is CCc1ccc(C(=O)N2CC(C)OC(CCl)C2)s1. The van der Waals surface area contributed by atoms with Gasteiger partial charge in [-0.2, -0.15) is 0 Å². The Balaban J connectivity index is 2.07. The average molecular weight is 288 g/mol. The van der Waals surface area contributed by atoms with Crippen LogP contribution in [-0.4, -0.2) is 42.0 Å². The molecule has 100 valence electrons. The number of amides is 1. The lowest BCUT2D eigenvalue weighted by Gasteiger charge is -2.35. The van der Waals surface area contributed by atoms with Crippen molar-refractivity contribution in [3.05, 3.63) is 21.9 Å². The number of alkyl halides is 1. The van der Waals surface area contributed by atoms with E-state index in [-0.39, 0.29) is 18.1 Å². The molecule has 1 amide bonds. The van der Waals surface area contributed by atoms with E-state index >= 15 is 0 Å². The van der Waals surface area contributed by atoms with Crippen LogP contribution in [0.25, 0.3) is 0 Å². The standard InChI is InChI=1S/C13H18ClNO2S/c1-3-11-4-5-12(18-11)13(16)15-7-9(2)17-10(6-14)8-15/h4-5,9-10H,3,6-8H2,1-2H3. The summed E-state index contributed by atoms with van der Waals surface area (Å²) in [6.45, 7) is 5.31. The van der Waals surface area contributed by atoms with Crippen LogP contribution in [0, 0.1) is 0 Å². The molecule has 1 aromatic rings. The minimum Gasteiger partial charge on any atom is -0.370 e. The van der Waals surface area contributed by atoms with Crippen molar-refractivity contribution >= 4 is 28.8 Å². The molecule has 5 heteroatoms. The molecule has 0 N–H and O–H groups in total. The molecule has 0 saturated carbocycles. The Morgan fingerprint density at radius 1 is 1.56 bits per heavy atom. The molecule has 3 nitrogen and oxygen atoms in total. The maximum absolute atomic E-state index is 12.4. The molecule has 1 fully saturated rings. The van der Waals surface area contributed by atoms with Gasteiger partial charge in [0.05, 0.1) is 23.0 Å². The van der Waals surface area contributed by atoms with Gasteiger partial charge in [-0.15, -0.1) is 22.9 Å². The van der Waals surface area contributed by atoms with Crippen LogP contribution in [0.4, 0.5) is 0 Å². The number of carbonyl (C=O) groups is 1. The maximum atomic E-state index is 12.4. The quantitative estimate of drug-likeness (QED) is 0.800. The molecule has 1 aliphatic rings. The molecule has 0 aromatic carbocycles. The van der Waals surface area contributed by atoms with Gasteiger partial charge in [-0.3, -0.25) is 4.79 Å². The number of nitrogens with zero attached hydrogens (tertiary/aromatic N) is 1. The number of thiophene rings is 1. The van der Waals surface area contributed by atoms with Crippen molar-refractivity contribution in [3.8, 4) is 0 Å². The van der Waals surface area contributed by atoms with Crippen molar-refractivity contribution in [2.24, 2.45) is 0 Å². The van der Waals surface area contributed by atoms with Gasteiger partial charge < -0.3 is 9.64 Å². The molecule has 2 unspecified atom stereocenters. The van der Waals surface area contributed by atoms with E-state index in [9.17, 15) is 4.79 Å². The van der Waals surface area contributed by atoms with Gasteiger partial charge in [-0.25, -0.2) is 0 Å². The van der Waals surface area contributed by atoms with Crippen molar-refractivity contribution in [3.63, 3.8) is 0 Å². The Hall–Kier alpha value is -0.580. The number of hydrogen-bond donors (Lipinski definition) is 0. The van der Waals surface area contributed by atoms with Crippen molar-refractivity contribution < 1.29 is 9.53 Å². The highest BCUT2D eigenvalue weighted by Gasteiger charge is 2.28. The number of hydrogen-bond acceptors (Lipinski definition) is 3. The predicted molar refractivity (Wildman–Crippen MR) is 74.7 cm³/mol. The average Bonchev–Trinajstić information content (AvgIpc) is 2.85. The van der Waals surface area contributed by atoms with Crippen molar-refractivity contribution in [1.82, 2.24) is 4.90 Å². The van der Waals surface area contributed by atoms with Crippen LogP contribution in [-0.2, 0) is 11.2 Å². The Morgan fingerprint density at radius 2 is 2.33 bits per heavy atom. The van der Waals surface area contributed by atoms with Gasteiger partial charge in [0.25, 0.3) is 5.91 Å². The molecule has 0 aliphatic carbocycles. The second-order valence-corrected chi connectivity index (χ2v) is 6.03. The van der Waals surface area contributed by atoms with Crippen LogP contribution in [0.15, 0.2) is 12.1 Å². The zero-order chi connectivity index (χ0) is 13.1. The fraction of sp³-hybridized carbons (Fsp3) is 0.615. The number of morpholine rings is 1. The summed E-state index contributed by atoms with van der Waals surface area (Å²) in [5.41, 5.74) is 0. The first-order valence-corrected chi connectivity index (χ1v) is 7.58. The van der Waals surface area contributed by atoms with Crippen molar-refractivity contribution in [2.75, 3.05) is 19.0 Å². The lowest BCUT2D eigenvalue weighted by molar-refractivity contribution is -0.0569. The van der Waals surface area contributed by atoms with E-state index in [2.05, 4.69) is 6.92 Å². The van der Waals surface area contributed by atoms with Gasteiger partial charge in [0, 0.05) is 18.0 Å². The molecule has 0 spiro atoms. The van der Waals surface area contributed by atoms with Gasteiger partial charge in [0.1, 0.15) is 0 Å². The zero-order valence-electron chi connectivity index (χ0n) is 10.7. The summed E-state index contributed by atoms with van der Waals surface area (Å²) >= 11 is 7.41. The van der Waals surface area contributed by atoms with Crippen molar-refractivity contribution in [1.29, 1.82) is 0 Å². The summed E-state index contributed by atoms with van der Waals surface area (Å²) in [4.78, 5) is 16.3. The normalized spacial score (nSPS) is 24.3. The van der Waals surface area contributed by atoms with Gasteiger partial charge in [0.15, 0.2) is 0 Å². The van der Waals surface area contributed by atoms with Crippen LogP contribution in [0.5, 0.6) is 0 Å². The molecule has 1 aliphatic heterocycles. The van der Waals surface area contributed by atoms with E-state index in [0.717, 1.165) is 11.3 Å². The lowest BCUT2D eigenvalue weighted by Crippen LogP contribution is -2.49. The molecule has 2 atom stereocenters. The van der Waals surface area contributed by atoms with Crippen LogP contribution in [0.2, 0.25) is 0 Å². The summed E-state index contributed by atoms with van der Waals surface area (Å²) in [5.74, 6) is 0.531. The maximum Gasteiger partial charge on any atom is 0.264 e. The van der Waals surface area contributed by atoms with Crippen LogP contribution >= 0.6 is 22.9 Å². The van der Waals surface area contributed by atoms with E-state index in [4.69, 9.17) is 16.3 Å². The Bertz CT molecular complexity index is 421. The molecule has 2 heterocycles. The van der Waals surface area contributed by atoms with Gasteiger partial charge >= 0.3 is 0 Å². The third-order valence-corrected chi connectivity index (χ3v) is 4.57. The number of halogens is 1.